The van der Waals surface area contributed by atoms with Gasteiger partial charge in [0.1, 0.15) is 0 Å². The number of aryl methyl sites for hydroxylation is 1. The van der Waals surface area contributed by atoms with E-state index in [1.165, 1.54) is 7.11 Å². The number of esters is 1. The van der Waals surface area contributed by atoms with Gasteiger partial charge < -0.3 is 4.74 Å². The van der Waals surface area contributed by atoms with Crippen molar-refractivity contribution in [3.8, 4) is 0 Å². The molecule has 70 valence electrons. The van der Waals surface area contributed by atoms with Crippen molar-refractivity contribution in [3.63, 3.8) is 0 Å². The lowest BCUT2D eigenvalue weighted by Gasteiger charge is -2.07. The molecular weight excluding hydrogens is 232 g/mol. The van der Waals surface area contributed by atoms with Crippen molar-refractivity contribution in [2.45, 2.75) is 13.8 Å². The summed E-state index contributed by atoms with van der Waals surface area (Å²) in [5.74, 6) is -0.310. The van der Waals surface area contributed by atoms with Crippen molar-refractivity contribution >= 4 is 21.9 Å². The number of carbonyl (C=O) groups is 1. The third-order valence-corrected chi connectivity index (χ3v) is 3.08. The van der Waals surface area contributed by atoms with Gasteiger partial charge in [0.25, 0.3) is 0 Å². The van der Waals surface area contributed by atoms with E-state index in [4.69, 9.17) is 0 Å². The lowest BCUT2D eigenvalue weighted by Crippen LogP contribution is -2.03. The third-order valence-electron chi connectivity index (χ3n) is 2.06. The second-order valence-corrected chi connectivity index (χ2v) is 3.65. The molecule has 3 heteroatoms. The van der Waals surface area contributed by atoms with Gasteiger partial charge in [-0.25, -0.2) is 4.79 Å². The second-order valence-electron chi connectivity index (χ2n) is 2.86. The number of hydrogen-bond donors (Lipinski definition) is 0. The molecule has 0 saturated carbocycles. The fraction of sp³-hybridized carbons (Fsp3) is 0.300. The SMILES string of the molecule is COC(=O)c1ccc(C)c(C)c1Br. The first-order valence-electron chi connectivity index (χ1n) is 3.92. The molecule has 0 radical (unpaired) electrons. The maximum Gasteiger partial charge on any atom is 0.339 e. The molecule has 0 heterocycles. The van der Waals surface area contributed by atoms with Crippen LogP contribution < -0.4 is 0 Å². The molecule has 1 aromatic rings. The Kier molecular flexibility index (Phi) is 3.09. The minimum absolute atomic E-state index is 0.310. The van der Waals surface area contributed by atoms with Gasteiger partial charge in [-0.3, -0.25) is 0 Å². The predicted molar refractivity (Wildman–Crippen MR) is 55.0 cm³/mol. The molecule has 0 aromatic heterocycles. The Balaban J connectivity index is 3.26. The average Bonchev–Trinajstić information content (AvgIpc) is 2.13. The highest BCUT2D eigenvalue weighted by atomic mass is 79.9. The Labute approximate surface area is 86.0 Å². The van der Waals surface area contributed by atoms with Crippen LogP contribution in [0.2, 0.25) is 0 Å². The van der Waals surface area contributed by atoms with Gasteiger partial charge in [-0.2, -0.15) is 0 Å². The molecule has 0 spiro atoms. The van der Waals surface area contributed by atoms with E-state index in [0.29, 0.717) is 5.56 Å². The minimum Gasteiger partial charge on any atom is -0.465 e. The van der Waals surface area contributed by atoms with Crippen LogP contribution in [0.5, 0.6) is 0 Å². The van der Waals surface area contributed by atoms with Gasteiger partial charge in [0.15, 0.2) is 0 Å². The van der Waals surface area contributed by atoms with E-state index in [1.54, 1.807) is 6.07 Å². The average molecular weight is 243 g/mol. The Morgan fingerprint density at radius 3 is 2.54 bits per heavy atom. The summed E-state index contributed by atoms with van der Waals surface area (Å²) < 4.78 is 5.46. The summed E-state index contributed by atoms with van der Waals surface area (Å²) in [5.41, 5.74) is 2.80. The van der Waals surface area contributed by atoms with Crippen molar-refractivity contribution < 1.29 is 9.53 Å². The van der Waals surface area contributed by atoms with Gasteiger partial charge in [-0.05, 0) is 47.0 Å². The molecule has 0 aliphatic heterocycles. The molecule has 0 N–H and O–H groups in total. The fourth-order valence-corrected chi connectivity index (χ4v) is 1.66. The zero-order valence-corrected chi connectivity index (χ0v) is 9.44. The number of carbonyl (C=O) groups excluding carboxylic acids is 1. The Morgan fingerprint density at radius 1 is 1.38 bits per heavy atom. The molecule has 1 aromatic carbocycles. The molecule has 0 atom stereocenters. The van der Waals surface area contributed by atoms with E-state index in [0.717, 1.165) is 15.6 Å². The highest BCUT2D eigenvalue weighted by Crippen LogP contribution is 2.24. The molecule has 0 aliphatic carbocycles. The largest absolute Gasteiger partial charge is 0.465 e. The first-order valence-corrected chi connectivity index (χ1v) is 4.71. The van der Waals surface area contributed by atoms with E-state index in [2.05, 4.69) is 20.7 Å². The summed E-state index contributed by atoms with van der Waals surface area (Å²) in [6.45, 7) is 3.97. The standard InChI is InChI=1S/C10H11BrO2/c1-6-4-5-8(10(12)13-3)9(11)7(6)2/h4-5H,1-3H3. The van der Waals surface area contributed by atoms with Gasteiger partial charge in [0.05, 0.1) is 12.7 Å². The number of benzene rings is 1. The van der Waals surface area contributed by atoms with Crippen molar-refractivity contribution in [1.82, 2.24) is 0 Å². The van der Waals surface area contributed by atoms with Gasteiger partial charge in [0.2, 0.25) is 0 Å². The summed E-state index contributed by atoms with van der Waals surface area (Å²) in [5, 5.41) is 0. The van der Waals surface area contributed by atoms with E-state index in [-0.39, 0.29) is 5.97 Å². The third kappa shape index (κ3) is 1.91. The molecule has 0 fully saturated rings. The predicted octanol–water partition coefficient (Wildman–Crippen LogP) is 2.85. The summed E-state index contributed by atoms with van der Waals surface area (Å²) >= 11 is 3.37. The van der Waals surface area contributed by atoms with Gasteiger partial charge >= 0.3 is 5.97 Å². The van der Waals surface area contributed by atoms with Crippen LogP contribution in [0, 0.1) is 13.8 Å². The summed E-state index contributed by atoms with van der Waals surface area (Å²) in [4.78, 5) is 11.2. The molecule has 0 bridgehead atoms. The zero-order valence-electron chi connectivity index (χ0n) is 7.85. The van der Waals surface area contributed by atoms with Gasteiger partial charge in [-0.15, -0.1) is 0 Å². The van der Waals surface area contributed by atoms with Crippen LogP contribution in [0.1, 0.15) is 21.5 Å². The normalized spacial score (nSPS) is 9.85. The van der Waals surface area contributed by atoms with Crippen molar-refractivity contribution in [2.75, 3.05) is 7.11 Å². The van der Waals surface area contributed by atoms with Gasteiger partial charge in [-0.1, -0.05) is 6.07 Å². The van der Waals surface area contributed by atoms with E-state index < -0.39 is 0 Å². The second kappa shape index (κ2) is 3.92. The number of rotatable bonds is 1. The maximum atomic E-state index is 11.2. The van der Waals surface area contributed by atoms with Crippen molar-refractivity contribution in [1.29, 1.82) is 0 Å². The van der Waals surface area contributed by atoms with Crippen LogP contribution >= 0.6 is 15.9 Å². The molecule has 0 aliphatic rings. The number of methoxy groups -OCH3 is 1. The first kappa shape index (κ1) is 10.3. The van der Waals surface area contributed by atoms with Crippen molar-refractivity contribution in [2.24, 2.45) is 0 Å². The Morgan fingerprint density at radius 2 is 2.00 bits per heavy atom. The molecule has 1 rings (SSSR count). The number of halogens is 1. The highest BCUT2D eigenvalue weighted by Gasteiger charge is 2.12. The van der Waals surface area contributed by atoms with E-state index >= 15 is 0 Å². The number of hydrogen-bond acceptors (Lipinski definition) is 2. The summed E-state index contributed by atoms with van der Waals surface area (Å²) in [6.07, 6.45) is 0. The van der Waals surface area contributed by atoms with Crippen LogP contribution in [0.4, 0.5) is 0 Å². The van der Waals surface area contributed by atoms with Crippen LogP contribution in [0.25, 0.3) is 0 Å². The smallest absolute Gasteiger partial charge is 0.339 e. The number of ether oxygens (including phenoxy) is 1. The Bertz CT molecular complexity index is 345. The summed E-state index contributed by atoms with van der Waals surface area (Å²) in [7, 11) is 1.38. The van der Waals surface area contributed by atoms with Gasteiger partial charge in [0, 0.05) is 4.47 Å². The summed E-state index contributed by atoms with van der Waals surface area (Å²) in [6, 6.07) is 3.67. The van der Waals surface area contributed by atoms with E-state index in [1.807, 2.05) is 19.9 Å². The minimum atomic E-state index is -0.310. The van der Waals surface area contributed by atoms with Crippen LogP contribution in [-0.4, -0.2) is 13.1 Å². The zero-order chi connectivity index (χ0) is 10.0. The fourth-order valence-electron chi connectivity index (χ4n) is 1.05. The van der Waals surface area contributed by atoms with E-state index in [9.17, 15) is 4.79 Å². The van der Waals surface area contributed by atoms with Crippen LogP contribution in [0.15, 0.2) is 16.6 Å². The molecule has 0 unspecified atom stereocenters. The molecular formula is C10H11BrO2. The molecule has 0 saturated heterocycles. The van der Waals surface area contributed by atoms with Crippen LogP contribution in [0.3, 0.4) is 0 Å². The maximum absolute atomic E-state index is 11.2. The Hall–Kier alpha value is -0.830. The topological polar surface area (TPSA) is 26.3 Å². The lowest BCUT2D eigenvalue weighted by molar-refractivity contribution is 0.0599. The molecule has 0 amide bonds. The quantitative estimate of drug-likeness (QED) is 0.709. The molecule has 2 nitrogen and oxygen atoms in total. The lowest BCUT2D eigenvalue weighted by atomic mass is 10.1. The first-order chi connectivity index (χ1) is 6.07. The van der Waals surface area contributed by atoms with Crippen LogP contribution in [-0.2, 0) is 4.74 Å². The molecule has 13 heavy (non-hydrogen) atoms. The van der Waals surface area contributed by atoms with Crippen molar-refractivity contribution in [3.05, 3.63) is 33.3 Å². The highest BCUT2D eigenvalue weighted by molar-refractivity contribution is 9.10. The monoisotopic (exact) mass is 242 g/mol.